The Kier molecular flexibility index (Phi) is 10.8. The zero-order chi connectivity index (χ0) is 32.2. The molecule has 2 aliphatic rings. The average Bonchev–Trinajstić information content (AvgIpc) is 3.04. The van der Waals surface area contributed by atoms with Gasteiger partial charge in [-0.1, -0.05) is 60.8 Å². The summed E-state index contributed by atoms with van der Waals surface area (Å²) in [6.45, 7) is 2.81. The third kappa shape index (κ3) is 7.50. The first-order valence-electron chi connectivity index (χ1n) is 15.5. The van der Waals surface area contributed by atoms with E-state index in [0.29, 0.717) is 38.2 Å². The van der Waals surface area contributed by atoms with Gasteiger partial charge in [0.25, 0.3) is 0 Å². The van der Waals surface area contributed by atoms with Crippen molar-refractivity contribution in [2.45, 2.75) is 89.7 Å². The van der Waals surface area contributed by atoms with Crippen LogP contribution in [0.15, 0.2) is 105 Å². The summed E-state index contributed by atoms with van der Waals surface area (Å²) >= 11 is 11.9. The highest BCUT2D eigenvalue weighted by atomic mass is 35.5. The first-order chi connectivity index (χ1) is 21.5. The molecule has 6 rings (SSSR count). The fraction of sp³-hybridized carbons (Fsp3) is 0.333. The number of benzene rings is 4. The van der Waals surface area contributed by atoms with E-state index in [9.17, 15) is 16.8 Å². The Morgan fingerprint density at radius 2 is 1.09 bits per heavy atom. The smallest absolute Gasteiger partial charge is 0.206 e. The lowest BCUT2D eigenvalue weighted by Crippen LogP contribution is -2.18. The zero-order valence-electron chi connectivity index (χ0n) is 25.4. The SMILES string of the molecule is CCCC1CCCc2cc(S(=O)(=O)c3cccc(Cl)c3)ccc21.NCC1CCCc2cc(S(=O)(=O)c3cccc(Cl)c3)ccc21. The molecule has 0 heterocycles. The summed E-state index contributed by atoms with van der Waals surface area (Å²) in [7, 11) is -7.04. The van der Waals surface area contributed by atoms with E-state index in [4.69, 9.17) is 28.9 Å². The Morgan fingerprint density at radius 3 is 1.53 bits per heavy atom. The van der Waals surface area contributed by atoms with Gasteiger partial charge in [0.15, 0.2) is 0 Å². The van der Waals surface area contributed by atoms with E-state index in [2.05, 4.69) is 6.92 Å². The quantitative estimate of drug-likeness (QED) is 0.210. The van der Waals surface area contributed by atoms with Crippen molar-refractivity contribution in [1.29, 1.82) is 0 Å². The van der Waals surface area contributed by atoms with Crippen LogP contribution in [0.25, 0.3) is 0 Å². The maximum atomic E-state index is 12.8. The van der Waals surface area contributed by atoms with Crippen molar-refractivity contribution in [2.75, 3.05) is 6.54 Å². The molecule has 4 aromatic carbocycles. The summed E-state index contributed by atoms with van der Waals surface area (Å²) in [6, 6.07) is 23.9. The van der Waals surface area contributed by atoms with E-state index in [1.54, 1.807) is 54.6 Å². The molecule has 5 nitrogen and oxygen atoms in total. The van der Waals surface area contributed by atoms with Crippen LogP contribution in [-0.4, -0.2) is 23.4 Å². The summed E-state index contributed by atoms with van der Waals surface area (Å²) in [5.41, 5.74) is 10.6. The summed E-state index contributed by atoms with van der Waals surface area (Å²) in [5, 5.41) is 0.856. The molecule has 0 bridgehead atoms. The van der Waals surface area contributed by atoms with Crippen LogP contribution in [0.1, 0.15) is 79.5 Å². The predicted molar refractivity (Wildman–Crippen MR) is 182 cm³/mol. The van der Waals surface area contributed by atoms with Gasteiger partial charge in [-0.3, -0.25) is 0 Å². The summed E-state index contributed by atoms with van der Waals surface area (Å²) < 4.78 is 51.1. The predicted octanol–water partition coefficient (Wildman–Crippen LogP) is 8.94. The molecule has 0 saturated carbocycles. The van der Waals surface area contributed by atoms with E-state index < -0.39 is 19.7 Å². The molecule has 0 fully saturated rings. The highest BCUT2D eigenvalue weighted by Crippen LogP contribution is 2.37. The molecule has 0 saturated heterocycles. The van der Waals surface area contributed by atoms with Crippen LogP contribution >= 0.6 is 23.2 Å². The lowest BCUT2D eigenvalue weighted by atomic mass is 9.81. The average molecular weight is 685 g/mol. The molecule has 0 radical (unpaired) electrons. The second-order valence-electron chi connectivity index (χ2n) is 11.8. The maximum Gasteiger partial charge on any atom is 0.206 e. The minimum absolute atomic E-state index is 0.228. The molecule has 2 N–H and O–H groups in total. The summed E-state index contributed by atoms with van der Waals surface area (Å²) in [4.78, 5) is 1.18. The molecule has 0 spiro atoms. The summed E-state index contributed by atoms with van der Waals surface area (Å²) in [6.07, 6.45) is 8.68. The van der Waals surface area contributed by atoms with E-state index in [-0.39, 0.29) is 9.79 Å². The van der Waals surface area contributed by atoms with E-state index in [0.717, 1.165) is 44.1 Å². The van der Waals surface area contributed by atoms with Gasteiger partial charge in [-0.2, -0.15) is 0 Å². The van der Waals surface area contributed by atoms with Gasteiger partial charge in [-0.05, 0) is 146 Å². The van der Waals surface area contributed by atoms with Crippen LogP contribution in [0.5, 0.6) is 0 Å². The fourth-order valence-corrected chi connectivity index (χ4v) is 9.77. The third-order valence-electron chi connectivity index (χ3n) is 8.86. The lowest BCUT2D eigenvalue weighted by Gasteiger charge is -2.25. The number of hydrogen-bond acceptors (Lipinski definition) is 5. The standard InChI is InChI=1S/C19H21ClO2S.C17H18ClNO2S/c1-2-5-14-6-3-7-15-12-18(10-11-19(14)15)23(21,22)17-9-4-8-16(20)13-17;18-14-5-2-6-15(10-14)22(20,21)16-7-8-17-12(9-16)3-1-4-13(17)11-19/h4,8-14H,2-3,5-7H2,1H3;2,5-10,13H,1,3-4,11,19H2. The Hall–Kier alpha value is -2.68. The van der Waals surface area contributed by atoms with Crippen molar-refractivity contribution in [3.05, 3.63) is 117 Å². The molecule has 45 heavy (non-hydrogen) atoms. The van der Waals surface area contributed by atoms with Crippen LogP contribution in [0.4, 0.5) is 0 Å². The first-order valence-corrected chi connectivity index (χ1v) is 19.2. The first kappa shape index (κ1) is 33.7. The lowest BCUT2D eigenvalue weighted by molar-refractivity contribution is 0.514. The Morgan fingerprint density at radius 1 is 0.644 bits per heavy atom. The van der Waals surface area contributed by atoms with Crippen LogP contribution in [0, 0.1) is 0 Å². The third-order valence-corrected chi connectivity index (χ3v) is 12.8. The molecular weight excluding hydrogens is 645 g/mol. The van der Waals surface area contributed by atoms with Crippen molar-refractivity contribution < 1.29 is 16.8 Å². The van der Waals surface area contributed by atoms with Gasteiger partial charge in [-0.15, -0.1) is 0 Å². The highest BCUT2D eigenvalue weighted by Gasteiger charge is 2.25. The van der Waals surface area contributed by atoms with Crippen molar-refractivity contribution in [3.8, 4) is 0 Å². The fourth-order valence-electron chi connectivity index (χ4n) is 6.55. The zero-order valence-corrected chi connectivity index (χ0v) is 28.5. The molecule has 0 aliphatic heterocycles. The summed E-state index contributed by atoms with van der Waals surface area (Å²) in [5.74, 6) is 0.915. The minimum atomic E-state index is -3.53. The van der Waals surface area contributed by atoms with Crippen LogP contribution < -0.4 is 5.73 Å². The van der Waals surface area contributed by atoms with Crippen LogP contribution in [-0.2, 0) is 32.5 Å². The molecule has 2 unspecified atom stereocenters. The van der Waals surface area contributed by atoms with Gasteiger partial charge in [0, 0.05) is 10.0 Å². The molecule has 0 amide bonds. The molecule has 2 aliphatic carbocycles. The van der Waals surface area contributed by atoms with Gasteiger partial charge in [0.2, 0.25) is 19.7 Å². The van der Waals surface area contributed by atoms with Crippen LogP contribution in [0.3, 0.4) is 0 Å². The van der Waals surface area contributed by atoms with Crippen molar-refractivity contribution in [2.24, 2.45) is 5.73 Å². The van der Waals surface area contributed by atoms with Gasteiger partial charge < -0.3 is 5.73 Å². The molecule has 2 atom stereocenters. The van der Waals surface area contributed by atoms with Crippen molar-refractivity contribution >= 4 is 42.9 Å². The second-order valence-corrected chi connectivity index (χ2v) is 16.6. The maximum absolute atomic E-state index is 12.8. The Bertz CT molecular complexity index is 1890. The molecule has 238 valence electrons. The van der Waals surface area contributed by atoms with E-state index >= 15 is 0 Å². The van der Waals surface area contributed by atoms with Crippen molar-refractivity contribution in [3.63, 3.8) is 0 Å². The Labute approximate surface area is 277 Å². The van der Waals surface area contributed by atoms with Gasteiger partial charge in [0.05, 0.1) is 19.6 Å². The number of halogens is 2. The van der Waals surface area contributed by atoms with Gasteiger partial charge >= 0.3 is 0 Å². The molecular formula is C36H39Cl2NO4S2. The number of rotatable bonds is 7. The Balaban J connectivity index is 0.000000178. The highest BCUT2D eigenvalue weighted by molar-refractivity contribution is 7.91. The monoisotopic (exact) mass is 683 g/mol. The normalized spacial score (nSPS) is 17.9. The minimum Gasteiger partial charge on any atom is -0.330 e. The molecule has 9 heteroatoms. The van der Waals surface area contributed by atoms with E-state index in [1.807, 2.05) is 18.2 Å². The number of nitrogens with two attached hydrogens (primary N) is 1. The van der Waals surface area contributed by atoms with Crippen LogP contribution in [0.2, 0.25) is 10.0 Å². The topological polar surface area (TPSA) is 94.3 Å². The molecule has 4 aromatic rings. The number of hydrogen-bond donors (Lipinski definition) is 1. The second kappa shape index (κ2) is 14.4. The van der Waals surface area contributed by atoms with Gasteiger partial charge in [-0.25, -0.2) is 16.8 Å². The number of aryl methyl sites for hydroxylation is 2. The number of fused-ring (bicyclic) bond motifs is 2. The largest absolute Gasteiger partial charge is 0.330 e. The van der Waals surface area contributed by atoms with Crippen molar-refractivity contribution in [1.82, 2.24) is 0 Å². The molecule has 0 aromatic heterocycles. The number of sulfone groups is 2. The van der Waals surface area contributed by atoms with Gasteiger partial charge in [0.1, 0.15) is 0 Å². The van der Waals surface area contributed by atoms with E-state index in [1.165, 1.54) is 41.7 Å².